The Balaban J connectivity index is 2.09. The quantitative estimate of drug-likeness (QED) is 0.852. The third-order valence-corrected chi connectivity index (χ3v) is 5.01. The molecule has 2 heterocycles. The number of fused-ring (bicyclic) bond motifs is 1. The van der Waals surface area contributed by atoms with Gasteiger partial charge in [-0.1, -0.05) is 12.1 Å². The SMILES string of the molecule is Cc1ccc2c(c1)N(Cc1c(C)c(C)nn1C)C(=O)N(C)[C@H]2C. The van der Waals surface area contributed by atoms with Crippen LogP contribution in [0.5, 0.6) is 0 Å². The molecule has 0 fully saturated rings. The Hall–Kier alpha value is -2.30. The van der Waals surface area contributed by atoms with Crippen molar-refractivity contribution >= 4 is 11.7 Å². The van der Waals surface area contributed by atoms with Crippen LogP contribution in [-0.4, -0.2) is 27.8 Å². The molecular formula is C18H24N4O. The molecule has 0 N–H and O–H groups in total. The molecule has 1 aromatic carbocycles. The van der Waals surface area contributed by atoms with Crippen molar-refractivity contribution in [3.63, 3.8) is 0 Å². The van der Waals surface area contributed by atoms with E-state index in [0.29, 0.717) is 6.54 Å². The Morgan fingerprint density at radius 3 is 2.48 bits per heavy atom. The minimum Gasteiger partial charge on any atom is -0.321 e. The highest BCUT2D eigenvalue weighted by atomic mass is 16.2. The van der Waals surface area contributed by atoms with Crippen molar-refractivity contribution in [3.8, 4) is 0 Å². The molecular weight excluding hydrogens is 288 g/mol. The van der Waals surface area contributed by atoms with E-state index in [2.05, 4.69) is 44.1 Å². The minimum absolute atomic E-state index is 0.0360. The Bertz CT molecular complexity index is 778. The van der Waals surface area contributed by atoms with Gasteiger partial charge in [-0.3, -0.25) is 9.58 Å². The lowest BCUT2D eigenvalue weighted by atomic mass is 9.99. The molecule has 2 amide bonds. The van der Waals surface area contributed by atoms with E-state index in [1.807, 2.05) is 30.6 Å². The molecule has 2 aromatic rings. The molecule has 1 atom stereocenters. The molecule has 1 aliphatic rings. The van der Waals surface area contributed by atoms with Gasteiger partial charge in [-0.05, 0) is 50.5 Å². The lowest BCUT2D eigenvalue weighted by Gasteiger charge is -2.39. The molecule has 5 heteroatoms. The topological polar surface area (TPSA) is 41.4 Å². The summed E-state index contributed by atoms with van der Waals surface area (Å²) in [4.78, 5) is 16.5. The predicted octanol–water partition coefficient (Wildman–Crippen LogP) is 3.48. The van der Waals surface area contributed by atoms with Crippen LogP contribution in [0.2, 0.25) is 0 Å². The van der Waals surface area contributed by atoms with E-state index in [0.717, 1.165) is 28.2 Å². The van der Waals surface area contributed by atoms with E-state index in [1.54, 1.807) is 4.90 Å². The number of hydrogen-bond donors (Lipinski definition) is 0. The highest BCUT2D eigenvalue weighted by Gasteiger charge is 2.33. The standard InChI is InChI=1S/C18H24N4O/c1-11-7-8-15-14(4)20(5)18(23)22(16(15)9-11)10-17-12(2)13(3)19-21(17)6/h7-9,14H,10H2,1-6H3/t14-/m0/s1. The predicted molar refractivity (Wildman–Crippen MR) is 91.6 cm³/mol. The summed E-state index contributed by atoms with van der Waals surface area (Å²) in [7, 11) is 3.80. The van der Waals surface area contributed by atoms with Gasteiger partial charge in [-0.2, -0.15) is 5.10 Å². The summed E-state index contributed by atoms with van der Waals surface area (Å²) in [5, 5.41) is 4.47. The summed E-state index contributed by atoms with van der Waals surface area (Å²) in [6.45, 7) is 8.74. The lowest BCUT2D eigenvalue weighted by molar-refractivity contribution is 0.196. The summed E-state index contributed by atoms with van der Waals surface area (Å²) >= 11 is 0. The summed E-state index contributed by atoms with van der Waals surface area (Å²) < 4.78 is 1.88. The van der Waals surface area contributed by atoms with Crippen molar-refractivity contribution in [1.82, 2.24) is 14.7 Å². The Morgan fingerprint density at radius 1 is 1.17 bits per heavy atom. The first-order valence-electron chi connectivity index (χ1n) is 7.95. The van der Waals surface area contributed by atoms with Crippen LogP contribution in [0.1, 0.15) is 41.0 Å². The third kappa shape index (κ3) is 2.40. The minimum atomic E-state index is 0.0360. The fourth-order valence-corrected chi connectivity index (χ4v) is 3.24. The van der Waals surface area contributed by atoms with Gasteiger partial charge in [0.05, 0.1) is 29.7 Å². The van der Waals surface area contributed by atoms with Gasteiger partial charge < -0.3 is 4.90 Å². The fourth-order valence-electron chi connectivity index (χ4n) is 3.24. The van der Waals surface area contributed by atoms with Crippen LogP contribution in [-0.2, 0) is 13.6 Å². The number of urea groups is 1. The molecule has 5 nitrogen and oxygen atoms in total. The summed E-state index contributed by atoms with van der Waals surface area (Å²) in [6, 6.07) is 6.47. The Labute approximate surface area is 137 Å². The van der Waals surface area contributed by atoms with E-state index in [9.17, 15) is 4.79 Å². The normalized spacial score (nSPS) is 17.7. The van der Waals surface area contributed by atoms with Crippen molar-refractivity contribution in [2.24, 2.45) is 7.05 Å². The lowest BCUT2D eigenvalue weighted by Crippen LogP contribution is -2.46. The van der Waals surface area contributed by atoms with Gasteiger partial charge in [0.15, 0.2) is 0 Å². The zero-order valence-electron chi connectivity index (χ0n) is 14.7. The largest absolute Gasteiger partial charge is 0.325 e. The number of carbonyl (C=O) groups excluding carboxylic acids is 1. The first-order chi connectivity index (χ1) is 10.8. The Morgan fingerprint density at radius 2 is 1.87 bits per heavy atom. The van der Waals surface area contributed by atoms with E-state index >= 15 is 0 Å². The number of nitrogens with zero attached hydrogens (tertiary/aromatic N) is 4. The maximum atomic E-state index is 12.9. The number of rotatable bonds is 2. The van der Waals surface area contributed by atoms with E-state index < -0.39 is 0 Å². The first kappa shape index (κ1) is 15.6. The first-order valence-corrected chi connectivity index (χ1v) is 7.95. The van der Waals surface area contributed by atoms with Crippen LogP contribution in [0.3, 0.4) is 0 Å². The van der Waals surface area contributed by atoms with Crippen molar-refractivity contribution in [2.45, 2.75) is 40.3 Å². The second kappa shape index (κ2) is 5.41. The molecule has 1 aliphatic heterocycles. The highest BCUT2D eigenvalue weighted by molar-refractivity contribution is 5.95. The van der Waals surface area contributed by atoms with Gasteiger partial charge in [-0.25, -0.2) is 4.79 Å². The van der Waals surface area contributed by atoms with Gasteiger partial charge in [0.25, 0.3) is 0 Å². The number of amides is 2. The van der Waals surface area contributed by atoms with Gasteiger partial charge in [0.2, 0.25) is 0 Å². The van der Waals surface area contributed by atoms with Gasteiger partial charge in [-0.15, -0.1) is 0 Å². The second-order valence-electron chi connectivity index (χ2n) is 6.50. The number of carbonyl (C=O) groups is 1. The average Bonchev–Trinajstić information content (AvgIpc) is 2.75. The van der Waals surface area contributed by atoms with Crippen LogP contribution in [0.25, 0.3) is 0 Å². The van der Waals surface area contributed by atoms with Crippen molar-refractivity contribution < 1.29 is 4.79 Å². The molecule has 0 radical (unpaired) electrons. The highest BCUT2D eigenvalue weighted by Crippen LogP contribution is 2.37. The number of hydrogen-bond acceptors (Lipinski definition) is 2. The van der Waals surface area contributed by atoms with Crippen molar-refractivity contribution in [3.05, 3.63) is 46.3 Å². The molecule has 1 aromatic heterocycles. The van der Waals surface area contributed by atoms with Gasteiger partial charge in [0.1, 0.15) is 0 Å². The Kier molecular flexibility index (Phi) is 3.66. The zero-order valence-corrected chi connectivity index (χ0v) is 14.7. The molecule has 0 bridgehead atoms. The molecule has 23 heavy (non-hydrogen) atoms. The number of aryl methyl sites for hydroxylation is 3. The molecule has 0 spiro atoms. The van der Waals surface area contributed by atoms with Crippen LogP contribution >= 0.6 is 0 Å². The van der Waals surface area contributed by atoms with Crippen molar-refractivity contribution in [2.75, 3.05) is 11.9 Å². The number of aromatic nitrogens is 2. The third-order valence-electron chi connectivity index (χ3n) is 5.01. The van der Waals surface area contributed by atoms with Gasteiger partial charge >= 0.3 is 6.03 Å². The molecule has 0 aliphatic carbocycles. The number of anilines is 1. The monoisotopic (exact) mass is 312 g/mol. The summed E-state index contributed by atoms with van der Waals surface area (Å²) in [5.41, 5.74) is 6.60. The molecule has 0 saturated heterocycles. The van der Waals surface area contributed by atoms with Crippen LogP contribution in [0, 0.1) is 20.8 Å². The maximum Gasteiger partial charge on any atom is 0.325 e. The smallest absolute Gasteiger partial charge is 0.321 e. The molecule has 3 rings (SSSR count). The average molecular weight is 312 g/mol. The second-order valence-corrected chi connectivity index (χ2v) is 6.50. The van der Waals surface area contributed by atoms with E-state index in [4.69, 9.17) is 0 Å². The van der Waals surface area contributed by atoms with E-state index in [-0.39, 0.29) is 12.1 Å². The molecule has 122 valence electrons. The van der Waals surface area contributed by atoms with Gasteiger partial charge in [0, 0.05) is 14.1 Å². The fraction of sp³-hybridized carbons (Fsp3) is 0.444. The molecule has 0 saturated carbocycles. The maximum absolute atomic E-state index is 12.9. The van der Waals surface area contributed by atoms with Crippen LogP contribution < -0.4 is 4.90 Å². The van der Waals surface area contributed by atoms with E-state index in [1.165, 1.54) is 5.56 Å². The van der Waals surface area contributed by atoms with Crippen LogP contribution in [0.15, 0.2) is 18.2 Å². The summed E-state index contributed by atoms with van der Waals surface area (Å²) in [6.07, 6.45) is 0. The van der Waals surface area contributed by atoms with Crippen LogP contribution in [0.4, 0.5) is 10.5 Å². The molecule has 0 unspecified atom stereocenters. The summed E-state index contributed by atoms with van der Waals surface area (Å²) in [5.74, 6) is 0. The number of benzene rings is 1. The van der Waals surface area contributed by atoms with Crippen molar-refractivity contribution in [1.29, 1.82) is 0 Å². The zero-order chi connectivity index (χ0) is 16.9.